The van der Waals surface area contributed by atoms with E-state index in [0.29, 0.717) is 24.4 Å². The predicted octanol–water partition coefficient (Wildman–Crippen LogP) is 3.95. The maximum absolute atomic E-state index is 13.6. The fraction of sp³-hybridized carbons (Fsp3) is 0.133. The fourth-order valence-electron chi connectivity index (χ4n) is 1.64. The lowest BCUT2D eigenvalue weighted by Crippen LogP contribution is -2.12. The SMILES string of the molecule is N#Cc1ccc(NCCOc2cccc(Br)c2)c(F)c1. The molecule has 0 spiro atoms. The molecule has 0 radical (unpaired) electrons. The molecule has 0 amide bonds. The zero-order valence-corrected chi connectivity index (χ0v) is 12.2. The van der Waals surface area contributed by atoms with E-state index < -0.39 is 5.82 Å². The molecule has 20 heavy (non-hydrogen) atoms. The number of rotatable bonds is 5. The summed E-state index contributed by atoms with van der Waals surface area (Å²) in [4.78, 5) is 0. The molecule has 0 heterocycles. The standard InChI is InChI=1S/C15H12BrFN2O/c16-12-2-1-3-13(9-12)20-7-6-19-15-5-4-11(10-18)8-14(15)17/h1-5,8-9,19H,6-7H2. The Labute approximate surface area is 125 Å². The molecule has 2 aromatic rings. The zero-order chi connectivity index (χ0) is 14.4. The van der Waals surface area contributed by atoms with Crippen LogP contribution in [0.5, 0.6) is 5.75 Å². The maximum atomic E-state index is 13.6. The van der Waals surface area contributed by atoms with Crippen LogP contribution in [0.25, 0.3) is 0 Å². The number of hydrogen-bond donors (Lipinski definition) is 1. The Bertz CT molecular complexity index is 640. The molecule has 0 aliphatic carbocycles. The number of benzene rings is 2. The van der Waals surface area contributed by atoms with Crippen molar-refractivity contribution in [3.05, 3.63) is 58.3 Å². The molecule has 0 unspecified atom stereocenters. The van der Waals surface area contributed by atoms with Gasteiger partial charge in [-0.05, 0) is 36.4 Å². The number of anilines is 1. The minimum Gasteiger partial charge on any atom is -0.492 e. The monoisotopic (exact) mass is 334 g/mol. The van der Waals surface area contributed by atoms with Crippen LogP contribution in [0.1, 0.15) is 5.56 Å². The first kappa shape index (κ1) is 14.4. The van der Waals surface area contributed by atoms with Gasteiger partial charge < -0.3 is 10.1 Å². The summed E-state index contributed by atoms with van der Waals surface area (Å²) >= 11 is 3.36. The molecular weight excluding hydrogens is 323 g/mol. The van der Waals surface area contributed by atoms with Crippen molar-refractivity contribution in [3.63, 3.8) is 0 Å². The molecule has 0 aromatic heterocycles. The Kier molecular flexibility index (Phi) is 4.97. The maximum Gasteiger partial charge on any atom is 0.147 e. The third kappa shape index (κ3) is 3.97. The number of nitrogens with zero attached hydrogens (tertiary/aromatic N) is 1. The molecule has 0 saturated heterocycles. The molecular formula is C15H12BrFN2O. The van der Waals surface area contributed by atoms with Crippen molar-refractivity contribution in [1.82, 2.24) is 0 Å². The van der Waals surface area contributed by atoms with Gasteiger partial charge in [-0.2, -0.15) is 5.26 Å². The van der Waals surface area contributed by atoms with Crippen molar-refractivity contribution < 1.29 is 9.13 Å². The van der Waals surface area contributed by atoms with Gasteiger partial charge in [-0.25, -0.2) is 4.39 Å². The first-order chi connectivity index (χ1) is 9.69. The summed E-state index contributed by atoms with van der Waals surface area (Å²) in [6.45, 7) is 0.880. The van der Waals surface area contributed by atoms with Crippen molar-refractivity contribution in [1.29, 1.82) is 5.26 Å². The van der Waals surface area contributed by atoms with Gasteiger partial charge in [0.05, 0.1) is 17.3 Å². The predicted molar refractivity (Wildman–Crippen MR) is 79.2 cm³/mol. The molecule has 0 saturated carbocycles. The highest BCUT2D eigenvalue weighted by Gasteiger charge is 2.02. The Balaban J connectivity index is 1.83. The van der Waals surface area contributed by atoms with Crippen LogP contribution >= 0.6 is 15.9 Å². The van der Waals surface area contributed by atoms with Gasteiger partial charge in [-0.1, -0.05) is 22.0 Å². The van der Waals surface area contributed by atoms with E-state index in [0.717, 1.165) is 10.2 Å². The number of nitrogens with one attached hydrogen (secondary N) is 1. The number of halogens is 2. The highest BCUT2D eigenvalue weighted by molar-refractivity contribution is 9.10. The van der Waals surface area contributed by atoms with Gasteiger partial charge in [0.25, 0.3) is 0 Å². The van der Waals surface area contributed by atoms with E-state index in [-0.39, 0.29) is 0 Å². The molecule has 3 nitrogen and oxygen atoms in total. The van der Waals surface area contributed by atoms with Crippen molar-refractivity contribution in [2.75, 3.05) is 18.5 Å². The van der Waals surface area contributed by atoms with Gasteiger partial charge in [-0.15, -0.1) is 0 Å². The van der Waals surface area contributed by atoms with E-state index >= 15 is 0 Å². The van der Waals surface area contributed by atoms with E-state index in [1.165, 1.54) is 6.07 Å². The molecule has 2 aromatic carbocycles. The minimum absolute atomic E-state index is 0.304. The van der Waals surface area contributed by atoms with Crippen molar-refractivity contribution in [2.24, 2.45) is 0 Å². The Morgan fingerprint density at radius 3 is 2.80 bits per heavy atom. The van der Waals surface area contributed by atoms with E-state index in [1.807, 2.05) is 30.3 Å². The Morgan fingerprint density at radius 2 is 2.10 bits per heavy atom. The molecule has 1 N–H and O–H groups in total. The summed E-state index contributed by atoms with van der Waals surface area (Å²) in [5.41, 5.74) is 0.667. The highest BCUT2D eigenvalue weighted by atomic mass is 79.9. The molecule has 102 valence electrons. The topological polar surface area (TPSA) is 45.0 Å². The van der Waals surface area contributed by atoms with Crippen LogP contribution in [-0.4, -0.2) is 13.2 Å². The van der Waals surface area contributed by atoms with Gasteiger partial charge in [0, 0.05) is 11.0 Å². The number of ether oxygens (including phenoxy) is 1. The van der Waals surface area contributed by atoms with Crippen LogP contribution in [0, 0.1) is 17.1 Å². The quantitative estimate of drug-likeness (QED) is 0.842. The van der Waals surface area contributed by atoms with Gasteiger partial charge in [0.15, 0.2) is 0 Å². The number of hydrogen-bond acceptors (Lipinski definition) is 3. The molecule has 0 aliphatic heterocycles. The Morgan fingerprint density at radius 1 is 1.25 bits per heavy atom. The second kappa shape index (κ2) is 6.92. The molecule has 0 atom stereocenters. The summed E-state index contributed by atoms with van der Waals surface area (Å²) in [5, 5.41) is 11.6. The summed E-state index contributed by atoms with van der Waals surface area (Å²) in [7, 11) is 0. The van der Waals surface area contributed by atoms with Crippen molar-refractivity contribution >= 4 is 21.6 Å². The summed E-state index contributed by atoms with van der Waals surface area (Å²) in [6, 6.07) is 13.7. The van der Waals surface area contributed by atoms with E-state index in [9.17, 15) is 4.39 Å². The van der Waals surface area contributed by atoms with Crippen LogP contribution < -0.4 is 10.1 Å². The lowest BCUT2D eigenvalue weighted by molar-refractivity contribution is 0.332. The van der Waals surface area contributed by atoms with Crippen molar-refractivity contribution in [3.8, 4) is 11.8 Å². The van der Waals surface area contributed by atoms with E-state index in [1.54, 1.807) is 12.1 Å². The summed E-state index contributed by atoms with van der Waals surface area (Å²) in [5.74, 6) is 0.313. The molecule has 5 heteroatoms. The summed E-state index contributed by atoms with van der Waals surface area (Å²) in [6.07, 6.45) is 0. The second-order valence-electron chi connectivity index (χ2n) is 4.04. The Hall–Kier alpha value is -2.06. The molecule has 2 rings (SSSR count). The highest BCUT2D eigenvalue weighted by Crippen LogP contribution is 2.18. The van der Waals surface area contributed by atoms with Crippen LogP contribution in [0.2, 0.25) is 0 Å². The summed E-state index contributed by atoms with van der Waals surface area (Å²) < 4.78 is 20.1. The molecule has 0 fully saturated rings. The average Bonchev–Trinajstić information content (AvgIpc) is 2.45. The van der Waals surface area contributed by atoms with E-state index in [2.05, 4.69) is 21.2 Å². The normalized spacial score (nSPS) is 9.85. The smallest absolute Gasteiger partial charge is 0.147 e. The average molecular weight is 335 g/mol. The zero-order valence-electron chi connectivity index (χ0n) is 10.6. The third-order valence-corrected chi connectivity index (χ3v) is 3.07. The van der Waals surface area contributed by atoms with Crippen LogP contribution in [0.15, 0.2) is 46.9 Å². The van der Waals surface area contributed by atoms with Gasteiger partial charge in [-0.3, -0.25) is 0 Å². The lowest BCUT2D eigenvalue weighted by Gasteiger charge is -2.09. The molecule has 0 bridgehead atoms. The first-order valence-corrected chi connectivity index (χ1v) is 6.80. The van der Waals surface area contributed by atoms with Gasteiger partial charge >= 0.3 is 0 Å². The third-order valence-electron chi connectivity index (χ3n) is 2.58. The first-order valence-electron chi connectivity index (χ1n) is 6.01. The lowest BCUT2D eigenvalue weighted by atomic mass is 10.2. The van der Waals surface area contributed by atoms with Crippen LogP contribution in [0.4, 0.5) is 10.1 Å². The fourth-order valence-corrected chi connectivity index (χ4v) is 2.02. The van der Waals surface area contributed by atoms with Gasteiger partial charge in [0.1, 0.15) is 18.2 Å². The van der Waals surface area contributed by atoms with Gasteiger partial charge in [0.2, 0.25) is 0 Å². The van der Waals surface area contributed by atoms with Crippen molar-refractivity contribution in [2.45, 2.75) is 0 Å². The minimum atomic E-state index is -0.438. The largest absolute Gasteiger partial charge is 0.492 e. The number of nitriles is 1. The molecule has 0 aliphatic rings. The second-order valence-corrected chi connectivity index (χ2v) is 4.95. The van der Waals surface area contributed by atoms with E-state index in [4.69, 9.17) is 10.00 Å². The van der Waals surface area contributed by atoms with Crippen LogP contribution in [0.3, 0.4) is 0 Å². The van der Waals surface area contributed by atoms with Crippen LogP contribution in [-0.2, 0) is 0 Å².